The number of aryl methyl sites for hydroxylation is 1. The molecule has 2 N–H and O–H groups in total. The third kappa shape index (κ3) is 4.24. The maximum atomic E-state index is 13.4. The van der Waals surface area contributed by atoms with E-state index in [-0.39, 0.29) is 18.8 Å². The molecule has 7 heteroatoms. The number of nitrogens with zero attached hydrogens (tertiary/aromatic N) is 2. The van der Waals surface area contributed by atoms with E-state index in [1.807, 2.05) is 19.9 Å². The second kappa shape index (κ2) is 10.6. The fourth-order valence-corrected chi connectivity index (χ4v) is 6.10. The molecule has 41 heavy (non-hydrogen) atoms. The molecule has 208 valence electrons. The van der Waals surface area contributed by atoms with Crippen LogP contribution in [0, 0.1) is 0 Å². The zero-order valence-electron chi connectivity index (χ0n) is 23.4. The summed E-state index contributed by atoms with van der Waals surface area (Å²) in [6, 6.07) is 20.5. The minimum Gasteiger partial charge on any atom is -0.458 e. The molecule has 3 aromatic carbocycles. The van der Waals surface area contributed by atoms with Gasteiger partial charge in [0.25, 0.3) is 5.56 Å². The van der Waals surface area contributed by atoms with Crippen molar-refractivity contribution < 1.29 is 19.7 Å². The number of hydrogen-bond acceptors (Lipinski definition) is 6. The first kappa shape index (κ1) is 26.9. The van der Waals surface area contributed by atoms with Crippen LogP contribution in [0.2, 0.25) is 0 Å². The van der Waals surface area contributed by atoms with Crippen molar-refractivity contribution in [1.82, 2.24) is 9.55 Å². The van der Waals surface area contributed by atoms with Gasteiger partial charge in [-0.2, -0.15) is 0 Å². The van der Waals surface area contributed by atoms with Crippen LogP contribution in [-0.2, 0) is 35.5 Å². The zero-order valence-corrected chi connectivity index (χ0v) is 23.4. The smallest absolute Gasteiger partial charge is 0.340 e. The molecular weight excluding hydrogens is 516 g/mol. The molecule has 1 atom stereocenters. The van der Waals surface area contributed by atoms with E-state index in [4.69, 9.17) is 9.72 Å². The molecule has 2 aliphatic heterocycles. The number of pyridine rings is 2. The number of hydrogen-bond donors (Lipinski definition) is 2. The van der Waals surface area contributed by atoms with E-state index < -0.39 is 12.1 Å². The number of fused-ring (bicyclic) bond motifs is 7. The zero-order chi connectivity index (χ0) is 28.8. The van der Waals surface area contributed by atoms with Crippen LogP contribution in [0.4, 0.5) is 0 Å². The summed E-state index contributed by atoms with van der Waals surface area (Å²) in [5.41, 5.74) is 7.99. The number of ether oxygens (including phenoxy) is 1. The number of carbonyl (C=O) groups is 1. The standard InChI is InChI=1S/C32H26N2O5.C2H6/c1-2-21-24-15-34-27(14-23-25(31(34)37)16-39-32(38)30(23)36)29(24)33-26-10-9-19-7-8-20(13-22(19)28(21)26)18-5-3-17(4-6-18)11-12-35;1-2/h3-10,13-14,30,35-36H,2,11-12,15-16H2,1H3;1-2H3. The van der Waals surface area contributed by atoms with Crippen molar-refractivity contribution in [3.63, 3.8) is 0 Å². The monoisotopic (exact) mass is 548 g/mol. The van der Waals surface area contributed by atoms with Crippen molar-refractivity contribution >= 4 is 27.6 Å². The third-order valence-corrected chi connectivity index (χ3v) is 8.10. The van der Waals surface area contributed by atoms with Gasteiger partial charge in [-0.1, -0.05) is 63.2 Å². The van der Waals surface area contributed by atoms with E-state index in [1.54, 1.807) is 10.6 Å². The molecule has 0 spiro atoms. The summed E-state index contributed by atoms with van der Waals surface area (Å²) in [7, 11) is 0. The van der Waals surface area contributed by atoms with Crippen LogP contribution in [0.3, 0.4) is 0 Å². The van der Waals surface area contributed by atoms with Gasteiger partial charge in [0.05, 0.1) is 29.0 Å². The van der Waals surface area contributed by atoms with Crippen LogP contribution in [0.1, 0.15) is 54.7 Å². The lowest BCUT2D eigenvalue weighted by atomic mass is 9.92. The van der Waals surface area contributed by atoms with Gasteiger partial charge in [-0.25, -0.2) is 9.78 Å². The van der Waals surface area contributed by atoms with Crippen molar-refractivity contribution in [3.8, 4) is 22.5 Å². The minimum atomic E-state index is -1.47. The first-order chi connectivity index (χ1) is 20.0. The molecule has 0 amide bonds. The fourth-order valence-electron chi connectivity index (χ4n) is 6.10. The average molecular weight is 549 g/mol. The van der Waals surface area contributed by atoms with Crippen LogP contribution >= 0.6 is 0 Å². The Morgan fingerprint density at radius 2 is 1.71 bits per heavy atom. The molecule has 0 radical (unpaired) electrons. The van der Waals surface area contributed by atoms with Gasteiger partial charge in [0.15, 0.2) is 6.10 Å². The van der Waals surface area contributed by atoms with Gasteiger partial charge < -0.3 is 19.5 Å². The molecule has 5 aromatic rings. The first-order valence-electron chi connectivity index (χ1n) is 14.2. The molecule has 7 rings (SSSR count). The van der Waals surface area contributed by atoms with E-state index in [2.05, 4.69) is 55.5 Å². The number of carbonyl (C=O) groups excluding carboxylic acids is 1. The van der Waals surface area contributed by atoms with E-state index in [1.165, 1.54) is 0 Å². The normalized spacial score (nSPS) is 15.1. The Balaban J connectivity index is 0.00000148. The number of esters is 1. The van der Waals surface area contributed by atoms with E-state index in [0.717, 1.165) is 61.6 Å². The molecule has 0 bridgehead atoms. The molecule has 1 unspecified atom stereocenters. The second-order valence-corrected chi connectivity index (χ2v) is 10.2. The molecule has 0 fully saturated rings. The molecule has 0 aliphatic carbocycles. The van der Waals surface area contributed by atoms with Crippen molar-refractivity contribution in [3.05, 3.63) is 98.8 Å². The van der Waals surface area contributed by atoms with Gasteiger partial charge in [0, 0.05) is 23.1 Å². The Kier molecular flexibility index (Phi) is 6.93. The Morgan fingerprint density at radius 1 is 0.976 bits per heavy atom. The summed E-state index contributed by atoms with van der Waals surface area (Å²) in [6.45, 7) is 6.49. The van der Waals surface area contributed by atoms with Gasteiger partial charge in [-0.3, -0.25) is 4.79 Å². The molecule has 0 saturated carbocycles. The van der Waals surface area contributed by atoms with E-state index in [0.29, 0.717) is 29.8 Å². The summed E-state index contributed by atoms with van der Waals surface area (Å²) in [5, 5.41) is 23.0. The number of benzene rings is 3. The Hall–Kier alpha value is -4.33. The number of aromatic nitrogens is 2. The molecular formula is C34H32N2O5. The highest BCUT2D eigenvalue weighted by molar-refractivity contribution is 6.10. The maximum Gasteiger partial charge on any atom is 0.340 e. The lowest BCUT2D eigenvalue weighted by Crippen LogP contribution is -2.32. The highest BCUT2D eigenvalue weighted by Crippen LogP contribution is 2.40. The molecule has 7 nitrogen and oxygen atoms in total. The SMILES string of the molecule is CC.CCc1c2c(nc3ccc4ccc(-c5ccc(CCO)cc5)cc4c13)-c1cc3c(c(=O)n1C2)COC(=O)C3O. The van der Waals surface area contributed by atoms with Crippen LogP contribution in [0.25, 0.3) is 44.2 Å². The van der Waals surface area contributed by atoms with Gasteiger partial charge in [0.1, 0.15) is 6.61 Å². The largest absolute Gasteiger partial charge is 0.458 e. The average Bonchev–Trinajstić information content (AvgIpc) is 3.38. The summed E-state index contributed by atoms with van der Waals surface area (Å²) in [6.07, 6.45) is -0.0777. The quantitative estimate of drug-likeness (QED) is 0.224. The van der Waals surface area contributed by atoms with Crippen molar-refractivity contribution in [2.75, 3.05) is 6.61 Å². The summed E-state index contributed by atoms with van der Waals surface area (Å²) >= 11 is 0. The number of aliphatic hydroxyl groups is 2. The van der Waals surface area contributed by atoms with Crippen molar-refractivity contribution in [2.24, 2.45) is 0 Å². The topological polar surface area (TPSA) is 102 Å². The van der Waals surface area contributed by atoms with Crippen LogP contribution in [-0.4, -0.2) is 32.3 Å². The molecule has 4 heterocycles. The second-order valence-electron chi connectivity index (χ2n) is 10.2. The summed E-state index contributed by atoms with van der Waals surface area (Å²) in [4.78, 5) is 30.4. The van der Waals surface area contributed by atoms with Crippen molar-refractivity contribution in [1.29, 1.82) is 0 Å². The Morgan fingerprint density at radius 3 is 2.44 bits per heavy atom. The third-order valence-electron chi connectivity index (χ3n) is 8.10. The Labute approximate surface area is 237 Å². The van der Waals surface area contributed by atoms with Crippen molar-refractivity contribution in [2.45, 2.75) is 52.9 Å². The van der Waals surface area contributed by atoms with Gasteiger partial charge >= 0.3 is 5.97 Å². The summed E-state index contributed by atoms with van der Waals surface area (Å²) in [5.74, 6) is -0.740. The lowest BCUT2D eigenvalue weighted by Gasteiger charge is -2.21. The maximum absolute atomic E-state index is 13.4. The highest BCUT2D eigenvalue weighted by atomic mass is 16.5. The molecule has 0 saturated heterocycles. The van der Waals surface area contributed by atoms with Crippen LogP contribution in [0.5, 0.6) is 0 Å². The predicted octanol–water partition coefficient (Wildman–Crippen LogP) is 5.46. The lowest BCUT2D eigenvalue weighted by molar-refractivity contribution is -0.157. The molecule has 2 aliphatic rings. The first-order valence-corrected chi connectivity index (χ1v) is 14.2. The number of rotatable bonds is 4. The minimum absolute atomic E-state index is 0.128. The fraction of sp³-hybridized carbons (Fsp3) is 0.265. The summed E-state index contributed by atoms with van der Waals surface area (Å²) < 4.78 is 6.71. The van der Waals surface area contributed by atoms with Crippen LogP contribution in [0.15, 0.2) is 65.5 Å². The number of aliphatic hydroxyl groups excluding tert-OH is 2. The van der Waals surface area contributed by atoms with Crippen LogP contribution < -0.4 is 5.56 Å². The van der Waals surface area contributed by atoms with Gasteiger partial charge in [0.2, 0.25) is 0 Å². The van der Waals surface area contributed by atoms with Gasteiger partial charge in [-0.15, -0.1) is 0 Å². The van der Waals surface area contributed by atoms with Gasteiger partial charge in [-0.05, 0) is 64.1 Å². The molecule has 2 aromatic heterocycles. The highest BCUT2D eigenvalue weighted by Gasteiger charge is 2.34. The number of cyclic esters (lactones) is 1. The van der Waals surface area contributed by atoms with E-state index >= 15 is 0 Å². The predicted molar refractivity (Wildman–Crippen MR) is 160 cm³/mol. The Bertz CT molecular complexity index is 1890. The van der Waals surface area contributed by atoms with E-state index in [9.17, 15) is 19.8 Å².